The highest BCUT2D eigenvalue weighted by atomic mass is 79.9. The van der Waals surface area contributed by atoms with E-state index in [0.717, 1.165) is 23.0 Å². The van der Waals surface area contributed by atoms with Gasteiger partial charge >= 0.3 is 0 Å². The molecule has 18 heavy (non-hydrogen) atoms. The molecule has 0 saturated heterocycles. The third-order valence-corrected chi connectivity index (χ3v) is 3.52. The second-order valence-electron chi connectivity index (χ2n) is 4.50. The third kappa shape index (κ3) is 3.32. The maximum atomic E-state index is 11.8. The van der Waals surface area contributed by atoms with E-state index in [1.165, 1.54) is 4.90 Å². The van der Waals surface area contributed by atoms with Crippen LogP contribution in [0.25, 0.3) is 0 Å². The lowest BCUT2D eigenvalue weighted by Gasteiger charge is -2.16. The van der Waals surface area contributed by atoms with E-state index in [9.17, 15) is 9.59 Å². The molecule has 0 spiro atoms. The molecule has 0 atom stereocenters. The zero-order chi connectivity index (χ0) is 13.1. The highest BCUT2D eigenvalue weighted by molar-refractivity contribution is 9.10. The molecule has 2 amide bonds. The number of carbonyl (C=O) groups excluding carboxylic acids is 2. The van der Waals surface area contributed by atoms with Crippen LogP contribution in [0, 0.1) is 5.92 Å². The van der Waals surface area contributed by atoms with Gasteiger partial charge in [-0.3, -0.25) is 9.59 Å². The Balaban J connectivity index is 1.88. The number of hydrogen-bond donors (Lipinski definition) is 1. The Hall–Kier alpha value is -1.36. The van der Waals surface area contributed by atoms with Crippen LogP contribution >= 0.6 is 15.9 Å². The molecule has 96 valence electrons. The molecule has 0 aliphatic heterocycles. The molecule has 0 unspecified atom stereocenters. The number of para-hydroxylation sites is 1. The summed E-state index contributed by atoms with van der Waals surface area (Å²) in [5.74, 6) is 0.0296. The van der Waals surface area contributed by atoms with Crippen LogP contribution in [0.3, 0.4) is 0 Å². The quantitative estimate of drug-likeness (QED) is 0.927. The third-order valence-electron chi connectivity index (χ3n) is 2.83. The summed E-state index contributed by atoms with van der Waals surface area (Å²) in [7, 11) is 1.67. The first-order valence-electron chi connectivity index (χ1n) is 5.87. The molecule has 1 saturated carbocycles. The molecule has 1 N–H and O–H groups in total. The van der Waals surface area contributed by atoms with Gasteiger partial charge in [0.1, 0.15) is 0 Å². The number of nitrogens with one attached hydrogen (secondary N) is 1. The van der Waals surface area contributed by atoms with Crippen LogP contribution in [0.1, 0.15) is 12.8 Å². The van der Waals surface area contributed by atoms with E-state index in [1.807, 2.05) is 24.3 Å². The van der Waals surface area contributed by atoms with Gasteiger partial charge in [-0.2, -0.15) is 0 Å². The second-order valence-corrected chi connectivity index (χ2v) is 5.35. The molecule has 2 rings (SSSR count). The molecule has 0 heterocycles. The summed E-state index contributed by atoms with van der Waals surface area (Å²) in [4.78, 5) is 25.0. The van der Waals surface area contributed by atoms with E-state index < -0.39 is 0 Å². The van der Waals surface area contributed by atoms with Crippen molar-refractivity contribution in [2.24, 2.45) is 5.92 Å². The van der Waals surface area contributed by atoms with Gasteiger partial charge in [-0.25, -0.2) is 0 Å². The normalized spacial score (nSPS) is 14.1. The van der Waals surface area contributed by atoms with E-state index in [0.29, 0.717) is 0 Å². The van der Waals surface area contributed by atoms with Crippen LogP contribution < -0.4 is 5.32 Å². The molecule has 1 aromatic carbocycles. The largest absolute Gasteiger partial charge is 0.336 e. The Labute approximate surface area is 114 Å². The first-order valence-corrected chi connectivity index (χ1v) is 6.66. The fourth-order valence-electron chi connectivity index (χ4n) is 1.69. The molecule has 1 fully saturated rings. The van der Waals surface area contributed by atoms with Crippen LogP contribution in [0.15, 0.2) is 28.7 Å². The summed E-state index contributed by atoms with van der Waals surface area (Å²) < 4.78 is 0.828. The molecular formula is C13H15BrN2O2. The molecule has 1 aliphatic carbocycles. The maximum absolute atomic E-state index is 11.8. The molecule has 1 aliphatic rings. The number of rotatable bonds is 4. The van der Waals surface area contributed by atoms with Crippen molar-refractivity contribution < 1.29 is 9.59 Å². The van der Waals surface area contributed by atoms with Crippen LogP contribution in [-0.2, 0) is 9.59 Å². The van der Waals surface area contributed by atoms with Gasteiger partial charge in [-0.1, -0.05) is 12.1 Å². The average Bonchev–Trinajstić information content (AvgIpc) is 3.15. The minimum Gasteiger partial charge on any atom is -0.336 e. The number of benzene rings is 1. The molecule has 0 radical (unpaired) electrons. The molecule has 1 aromatic rings. The first kappa shape index (κ1) is 13.1. The van der Waals surface area contributed by atoms with Gasteiger partial charge in [0.25, 0.3) is 0 Å². The van der Waals surface area contributed by atoms with Crippen LogP contribution in [0.2, 0.25) is 0 Å². The van der Waals surface area contributed by atoms with Crippen molar-refractivity contribution in [2.45, 2.75) is 12.8 Å². The van der Waals surface area contributed by atoms with Gasteiger partial charge < -0.3 is 10.2 Å². The number of anilines is 1. The van der Waals surface area contributed by atoms with Crippen molar-refractivity contribution in [1.82, 2.24) is 4.90 Å². The fourth-order valence-corrected chi connectivity index (χ4v) is 2.07. The average molecular weight is 311 g/mol. The zero-order valence-corrected chi connectivity index (χ0v) is 11.7. The van der Waals surface area contributed by atoms with Gasteiger partial charge in [0.05, 0.1) is 12.2 Å². The van der Waals surface area contributed by atoms with Crippen molar-refractivity contribution >= 4 is 33.4 Å². The summed E-state index contributed by atoms with van der Waals surface area (Å²) >= 11 is 3.36. The molecule has 0 bridgehead atoms. The lowest BCUT2D eigenvalue weighted by Crippen LogP contribution is -2.35. The van der Waals surface area contributed by atoms with E-state index >= 15 is 0 Å². The Morgan fingerprint density at radius 3 is 2.67 bits per heavy atom. The molecule has 5 heteroatoms. The van der Waals surface area contributed by atoms with Crippen molar-refractivity contribution in [1.29, 1.82) is 0 Å². The summed E-state index contributed by atoms with van der Waals surface area (Å²) in [6.45, 7) is 0.0939. The number of nitrogens with zero attached hydrogens (tertiary/aromatic N) is 1. The van der Waals surface area contributed by atoms with E-state index in [-0.39, 0.29) is 24.3 Å². The standard InChI is InChI=1S/C13H15BrN2O2/c1-16(13(18)9-6-7-9)8-12(17)15-11-5-3-2-4-10(11)14/h2-5,9H,6-8H2,1H3,(H,15,17). The topological polar surface area (TPSA) is 49.4 Å². The predicted molar refractivity (Wildman–Crippen MR) is 73.1 cm³/mol. The Morgan fingerprint density at radius 1 is 1.39 bits per heavy atom. The second kappa shape index (κ2) is 5.52. The monoisotopic (exact) mass is 310 g/mol. The van der Waals surface area contributed by atoms with Crippen molar-refractivity contribution in [3.8, 4) is 0 Å². The predicted octanol–water partition coefficient (Wildman–Crippen LogP) is 2.26. The van der Waals surface area contributed by atoms with E-state index in [1.54, 1.807) is 7.05 Å². The Kier molecular flexibility index (Phi) is 4.01. The number of hydrogen-bond acceptors (Lipinski definition) is 2. The Morgan fingerprint density at radius 2 is 2.06 bits per heavy atom. The lowest BCUT2D eigenvalue weighted by atomic mass is 10.3. The van der Waals surface area contributed by atoms with Gasteiger partial charge in [0.15, 0.2) is 0 Å². The van der Waals surface area contributed by atoms with Crippen molar-refractivity contribution in [3.63, 3.8) is 0 Å². The van der Waals surface area contributed by atoms with Gasteiger partial charge in [-0.15, -0.1) is 0 Å². The highest BCUT2D eigenvalue weighted by Gasteiger charge is 2.32. The maximum Gasteiger partial charge on any atom is 0.244 e. The van der Waals surface area contributed by atoms with E-state index in [2.05, 4.69) is 21.2 Å². The SMILES string of the molecule is CN(CC(=O)Nc1ccccc1Br)C(=O)C1CC1. The highest BCUT2D eigenvalue weighted by Crippen LogP contribution is 2.30. The molecular weight excluding hydrogens is 296 g/mol. The summed E-state index contributed by atoms with van der Waals surface area (Å²) in [5.41, 5.74) is 0.717. The van der Waals surface area contributed by atoms with Gasteiger partial charge in [-0.05, 0) is 40.9 Å². The smallest absolute Gasteiger partial charge is 0.244 e. The minimum atomic E-state index is -0.182. The van der Waals surface area contributed by atoms with Crippen molar-refractivity contribution in [2.75, 3.05) is 18.9 Å². The Bertz CT molecular complexity index is 472. The zero-order valence-electron chi connectivity index (χ0n) is 10.1. The summed E-state index contributed by atoms with van der Waals surface area (Å²) in [6.07, 6.45) is 1.91. The number of amides is 2. The minimum absolute atomic E-state index is 0.0669. The summed E-state index contributed by atoms with van der Waals surface area (Å²) in [5, 5.41) is 2.78. The fraction of sp³-hybridized carbons (Fsp3) is 0.385. The molecule has 0 aromatic heterocycles. The summed E-state index contributed by atoms with van der Waals surface area (Å²) in [6, 6.07) is 7.39. The number of carbonyl (C=O) groups is 2. The number of likely N-dealkylation sites (N-methyl/N-ethyl adjacent to an activating group) is 1. The van der Waals surface area contributed by atoms with Crippen LogP contribution in [0.5, 0.6) is 0 Å². The van der Waals surface area contributed by atoms with Crippen LogP contribution in [-0.4, -0.2) is 30.3 Å². The van der Waals surface area contributed by atoms with Crippen LogP contribution in [0.4, 0.5) is 5.69 Å². The van der Waals surface area contributed by atoms with Gasteiger partial charge in [0, 0.05) is 17.4 Å². The van der Waals surface area contributed by atoms with Gasteiger partial charge in [0.2, 0.25) is 11.8 Å². The van der Waals surface area contributed by atoms with E-state index in [4.69, 9.17) is 0 Å². The number of halogens is 1. The first-order chi connectivity index (χ1) is 8.58. The van der Waals surface area contributed by atoms with Crippen molar-refractivity contribution in [3.05, 3.63) is 28.7 Å². The lowest BCUT2D eigenvalue weighted by molar-refractivity contribution is -0.134. The molecule has 4 nitrogen and oxygen atoms in total.